The maximum absolute atomic E-state index is 9.83. The molecular weight excluding hydrogens is 230 g/mol. The first-order valence-electron chi connectivity index (χ1n) is 6.53. The zero-order chi connectivity index (χ0) is 12.3. The van der Waals surface area contributed by atoms with Crippen molar-refractivity contribution in [3.63, 3.8) is 0 Å². The SMILES string of the molecule is CC(C)C[C@]1(CO)CCCN1Cc1ccsc1. The van der Waals surface area contributed by atoms with Gasteiger partial charge in [0.15, 0.2) is 0 Å². The Hall–Kier alpha value is -0.380. The molecule has 1 aromatic rings. The van der Waals surface area contributed by atoms with Crippen LogP contribution in [0.4, 0.5) is 0 Å². The number of likely N-dealkylation sites (tertiary alicyclic amines) is 1. The van der Waals surface area contributed by atoms with E-state index < -0.39 is 0 Å². The van der Waals surface area contributed by atoms with E-state index in [0.29, 0.717) is 12.5 Å². The summed E-state index contributed by atoms with van der Waals surface area (Å²) in [6.07, 6.45) is 3.47. The predicted molar refractivity (Wildman–Crippen MR) is 73.2 cm³/mol. The van der Waals surface area contributed by atoms with Crippen LogP contribution >= 0.6 is 11.3 Å². The van der Waals surface area contributed by atoms with Crippen LogP contribution in [0.1, 0.15) is 38.7 Å². The molecule has 0 spiro atoms. The average Bonchev–Trinajstić information content (AvgIpc) is 2.90. The van der Waals surface area contributed by atoms with Crippen molar-refractivity contribution in [3.8, 4) is 0 Å². The monoisotopic (exact) mass is 253 g/mol. The van der Waals surface area contributed by atoms with Gasteiger partial charge in [-0.1, -0.05) is 13.8 Å². The molecular formula is C14H23NOS. The van der Waals surface area contributed by atoms with E-state index in [4.69, 9.17) is 0 Å². The van der Waals surface area contributed by atoms with E-state index >= 15 is 0 Å². The third-order valence-corrected chi connectivity index (χ3v) is 4.51. The molecule has 0 saturated carbocycles. The minimum absolute atomic E-state index is 0.0378. The number of thiophene rings is 1. The second-order valence-corrected chi connectivity index (χ2v) is 6.42. The van der Waals surface area contributed by atoms with Crippen LogP contribution in [0, 0.1) is 5.92 Å². The van der Waals surface area contributed by atoms with Crippen molar-refractivity contribution >= 4 is 11.3 Å². The van der Waals surface area contributed by atoms with Gasteiger partial charge in [-0.15, -0.1) is 0 Å². The number of aliphatic hydroxyl groups excluding tert-OH is 1. The van der Waals surface area contributed by atoms with Crippen LogP contribution in [0.15, 0.2) is 16.8 Å². The van der Waals surface area contributed by atoms with Gasteiger partial charge < -0.3 is 5.11 Å². The average molecular weight is 253 g/mol. The topological polar surface area (TPSA) is 23.5 Å². The Labute approximate surface area is 108 Å². The lowest BCUT2D eigenvalue weighted by atomic mass is 9.87. The molecule has 1 fully saturated rings. The molecule has 1 saturated heterocycles. The van der Waals surface area contributed by atoms with Gasteiger partial charge in [-0.3, -0.25) is 4.90 Å². The maximum atomic E-state index is 9.83. The van der Waals surface area contributed by atoms with Crippen molar-refractivity contribution in [1.82, 2.24) is 4.90 Å². The third kappa shape index (κ3) is 2.90. The van der Waals surface area contributed by atoms with E-state index in [-0.39, 0.29) is 5.54 Å². The van der Waals surface area contributed by atoms with Gasteiger partial charge in [0.1, 0.15) is 0 Å². The first kappa shape index (κ1) is 13.1. The van der Waals surface area contributed by atoms with Gasteiger partial charge >= 0.3 is 0 Å². The molecule has 1 aliphatic rings. The van der Waals surface area contributed by atoms with Gasteiger partial charge in [-0.05, 0) is 54.1 Å². The highest BCUT2D eigenvalue weighted by Crippen LogP contribution is 2.36. The summed E-state index contributed by atoms with van der Waals surface area (Å²) in [4.78, 5) is 2.50. The van der Waals surface area contributed by atoms with Crippen molar-refractivity contribution in [1.29, 1.82) is 0 Å². The van der Waals surface area contributed by atoms with Crippen molar-refractivity contribution in [2.45, 2.75) is 45.2 Å². The van der Waals surface area contributed by atoms with E-state index in [0.717, 1.165) is 25.9 Å². The summed E-state index contributed by atoms with van der Waals surface area (Å²) >= 11 is 1.76. The van der Waals surface area contributed by atoms with Crippen LogP contribution < -0.4 is 0 Å². The number of nitrogens with zero attached hydrogens (tertiary/aromatic N) is 1. The highest BCUT2D eigenvalue weighted by molar-refractivity contribution is 7.07. The zero-order valence-electron chi connectivity index (χ0n) is 10.9. The number of rotatable bonds is 5. The lowest BCUT2D eigenvalue weighted by molar-refractivity contribution is 0.0410. The molecule has 0 radical (unpaired) electrons. The fraction of sp³-hybridized carbons (Fsp3) is 0.714. The van der Waals surface area contributed by atoms with Gasteiger partial charge in [0.2, 0.25) is 0 Å². The van der Waals surface area contributed by atoms with Crippen LogP contribution in [0.25, 0.3) is 0 Å². The van der Waals surface area contributed by atoms with Crippen LogP contribution in [-0.2, 0) is 6.54 Å². The Morgan fingerprint density at radius 2 is 2.35 bits per heavy atom. The molecule has 1 aliphatic heterocycles. The summed E-state index contributed by atoms with van der Waals surface area (Å²) in [7, 11) is 0. The van der Waals surface area contributed by atoms with Gasteiger partial charge in [-0.2, -0.15) is 11.3 Å². The second-order valence-electron chi connectivity index (χ2n) is 5.64. The van der Waals surface area contributed by atoms with Crippen LogP contribution in [-0.4, -0.2) is 28.7 Å². The van der Waals surface area contributed by atoms with Crippen LogP contribution in [0.3, 0.4) is 0 Å². The highest BCUT2D eigenvalue weighted by Gasteiger charge is 2.40. The molecule has 2 heterocycles. The minimum atomic E-state index is 0.0378. The Morgan fingerprint density at radius 1 is 1.53 bits per heavy atom. The lowest BCUT2D eigenvalue weighted by Gasteiger charge is -2.38. The van der Waals surface area contributed by atoms with Gasteiger partial charge in [0, 0.05) is 12.1 Å². The van der Waals surface area contributed by atoms with E-state index in [1.54, 1.807) is 11.3 Å². The summed E-state index contributed by atoms with van der Waals surface area (Å²) in [6, 6.07) is 2.19. The third-order valence-electron chi connectivity index (χ3n) is 3.78. The predicted octanol–water partition coefficient (Wildman–Crippen LogP) is 3.12. The molecule has 1 N–H and O–H groups in total. The standard InChI is InChI=1S/C14H23NOS/c1-12(2)8-14(11-16)5-3-6-15(14)9-13-4-7-17-10-13/h4,7,10,12,16H,3,5-6,8-9,11H2,1-2H3/t14-/m0/s1. The summed E-state index contributed by atoms with van der Waals surface area (Å²) in [6.45, 7) is 6.92. The number of hydrogen-bond acceptors (Lipinski definition) is 3. The van der Waals surface area contributed by atoms with E-state index in [9.17, 15) is 5.11 Å². The Morgan fingerprint density at radius 3 is 2.94 bits per heavy atom. The summed E-state index contributed by atoms with van der Waals surface area (Å²) in [5.74, 6) is 0.644. The highest BCUT2D eigenvalue weighted by atomic mass is 32.1. The minimum Gasteiger partial charge on any atom is -0.394 e. The molecule has 0 amide bonds. The van der Waals surface area contributed by atoms with E-state index in [2.05, 4.69) is 35.6 Å². The number of aliphatic hydroxyl groups is 1. The first-order chi connectivity index (χ1) is 8.16. The van der Waals surface area contributed by atoms with Gasteiger partial charge in [0.05, 0.1) is 6.61 Å². The largest absolute Gasteiger partial charge is 0.394 e. The van der Waals surface area contributed by atoms with Crippen molar-refractivity contribution in [2.75, 3.05) is 13.2 Å². The Bertz CT molecular complexity index is 336. The molecule has 96 valence electrons. The van der Waals surface area contributed by atoms with Crippen LogP contribution in [0.2, 0.25) is 0 Å². The smallest absolute Gasteiger partial charge is 0.0615 e. The van der Waals surface area contributed by atoms with Gasteiger partial charge in [-0.25, -0.2) is 0 Å². The fourth-order valence-electron chi connectivity index (χ4n) is 3.08. The molecule has 1 atom stereocenters. The zero-order valence-corrected chi connectivity index (χ0v) is 11.7. The Kier molecular flexibility index (Phi) is 4.23. The second kappa shape index (κ2) is 5.51. The molecule has 2 nitrogen and oxygen atoms in total. The molecule has 17 heavy (non-hydrogen) atoms. The fourth-order valence-corrected chi connectivity index (χ4v) is 3.74. The molecule has 0 aliphatic carbocycles. The summed E-state index contributed by atoms with van der Waals surface area (Å²) in [5, 5.41) is 14.2. The van der Waals surface area contributed by atoms with Crippen molar-refractivity contribution in [2.24, 2.45) is 5.92 Å². The molecule has 0 aromatic carbocycles. The van der Waals surface area contributed by atoms with Crippen LogP contribution in [0.5, 0.6) is 0 Å². The Balaban J connectivity index is 2.08. The summed E-state index contributed by atoms with van der Waals surface area (Å²) < 4.78 is 0. The molecule has 1 aromatic heterocycles. The van der Waals surface area contributed by atoms with Crippen molar-refractivity contribution < 1.29 is 5.11 Å². The van der Waals surface area contributed by atoms with E-state index in [1.807, 2.05) is 0 Å². The quantitative estimate of drug-likeness (QED) is 0.871. The normalized spacial score (nSPS) is 25.9. The maximum Gasteiger partial charge on any atom is 0.0615 e. The summed E-state index contributed by atoms with van der Waals surface area (Å²) in [5.41, 5.74) is 1.43. The lowest BCUT2D eigenvalue weighted by Crippen LogP contribution is -2.47. The van der Waals surface area contributed by atoms with Gasteiger partial charge in [0.25, 0.3) is 0 Å². The first-order valence-corrected chi connectivity index (χ1v) is 7.47. The number of hydrogen-bond donors (Lipinski definition) is 1. The van der Waals surface area contributed by atoms with E-state index in [1.165, 1.54) is 12.0 Å². The van der Waals surface area contributed by atoms with Crippen molar-refractivity contribution in [3.05, 3.63) is 22.4 Å². The molecule has 0 unspecified atom stereocenters. The molecule has 0 bridgehead atoms. The molecule has 3 heteroatoms. The molecule has 2 rings (SSSR count).